The number of aliphatic hydroxyl groups is 1. The normalized spacial score (nSPS) is 14.3. The van der Waals surface area contributed by atoms with Gasteiger partial charge in [-0.15, -0.1) is 0 Å². The molecule has 1 atom stereocenters. The van der Waals surface area contributed by atoms with E-state index < -0.39 is 0 Å². The lowest BCUT2D eigenvalue weighted by molar-refractivity contribution is 0.218. The van der Waals surface area contributed by atoms with Crippen molar-refractivity contribution in [3.8, 4) is 0 Å². The Hall–Kier alpha value is -0.0400. The molecular formula is C8H17O. The van der Waals surface area contributed by atoms with E-state index in [9.17, 15) is 0 Å². The Morgan fingerprint density at radius 1 is 1.44 bits per heavy atom. The molecule has 0 saturated carbocycles. The number of hydrogen-bond acceptors (Lipinski definition) is 1. The fraction of sp³-hybridized carbons (Fsp3) is 0.875. The van der Waals surface area contributed by atoms with Gasteiger partial charge in [-0.2, -0.15) is 0 Å². The van der Waals surface area contributed by atoms with Crippen LogP contribution < -0.4 is 0 Å². The number of rotatable bonds is 4. The van der Waals surface area contributed by atoms with Crippen LogP contribution >= 0.6 is 0 Å². The zero-order valence-corrected chi connectivity index (χ0v) is 6.65. The van der Waals surface area contributed by atoms with Gasteiger partial charge in [0.15, 0.2) is 0 Å². The van der Waals surface area contributed by atoms with Gasteiger partial charge in [0, 0.05) is 6.61 Å². The van der Waals surface area contributed by atoms with E-state index in [2.05, 4.69) is 20.8 Å². The molecule has 0 aromatic heterocycles. The summed E-state index contributed by atoms with van der Waals surface area (Å²) in [6.45, 7) is 6.67. The third-order valence-corrected chi connectivity index (χ3v) is 1.53. The summed E-state index contributed by atoms with van der Waals surface area (Å²) < 4.78 is 0. The minimum atomic E-state index is 0.335. The van der Waals surface area contributed by atoms with Crippen molar-refractivity contribution < 1.29 is 5.11 Å². The van der Waals surface area contributed by atoms with Crippen molar-refractivity contribution in [2.24, 2.45) is 5.92 Å². The van der Waals surface area contributed by atoms with Crippen molar-refractivity contribution in [3.05, 3.63) is 5.92 Å². The molecule has 0 aliphatic carbocycles. The minimum Gasteiger partial charge on any atom is -0.396 e. The Kier molecular flexibility index (Phi) is 4.78. The van der Waals surface area contributed by atoms with Gasteiger partial charge in [-0.25, -0.2) is 0 Å². The summed E-state index contributed by atoms with van der Waals surface area (Å²) in [7, 11) is 0. The third kappa shape index (κ3) is 4.46. The van der Waals surface area contributed by atoms with Crippen LogP contribution in [0.5, 0.6) is 0 Å². The lowest BCUT2D eigenvalue weighted by Crippen LogP contribution is -2.06. The van der Waals surface area contributed by atoms with E-state index in [0.29, 0.717) is 12.5 Å². The summed E-state index contributed by atoms with van der Waals surface area (Å²) >= 11 is 0. The van der Waals surface area contributed by atoms with Gasteiger partial charge in [-0.1, -0.05) is 27.2 Å². The Morgan fingerprint density at radius 2 is 2.00 bits per heavy atom. The van der Waals surface area contributed by atoms with E-state index >= 15 is 0 Å². The molecule has 55 valence electrons. The molecule has 0 aromatic carbocycles. The summed E-state index contributed by atoms with van der Waals surface area (Å²) in [5, 5.41) is 8.76. The maximum Gasteiger partial charge on any atom is 0.0459 e. The van der Waals surface area contributed by atoms with Crippen LogP contribution in [-0.4, -0.2) is 11.7 Å². The van der Waals surface area contributed by atoms with E-state index in [1.54, 1.807) is 0 Å². The predicted octanol–water partition coefficient (Wildman–Crippen LogP) is 2.01. The number of aliphatic hydroxyl groups excluding tert-OH is 1. The molecule has 0 fully saturated rings. The lowest BCUT2D eigenvalue weighted by atomic mass is 9.96. The summed E-state index contributed by atoms with van der Waals surface area (Å²) in [6.07, 6.45) is 2.16. The third-order valence-electron chi connectivity index (χ3n) is 1.53. The van der Waals surface area contributed by atoms with Crippen LogP contribution in [0.25, 0.3) is 0 Å². The molecule has 1 nitrogen and oxygen atoms in total. The predicted molar refractivity (Wildman–Crippen MR) is 40.1 cm³/mol. The number of hydrogen-bond donors (Lipinski definition) is 1. The average molecular weight is 129 g/mol. The highest BCUT2D eigenvalue weighted by Crippen LogP contribution is 2.14. The Labute approximate surface area is 58.1 Å². The van der Waals surface area contributed by atoms with Crippen molar-refractivity contribution in [2.45, 2.75) is 33.6 Å². The second-order valence-corrected chi connectivity index (χ2v) is 2.87. The zero-order valence-electron chi connectivity index (χ0n) is 6.65. The van der Waals surface area contributed by atoms with Crippen molar-refractivity contribution >= 4 is 0 Å². The summed E-state index contributed by atoms with van der Waals surface area (Å²) in [4.78, 5) is 0. The van der Waals surface area contributed by atoms with Crippen LogP contribution in [0.1, 0.15) is 33.6 Å². The van der Waals surface area contributed by atoms with Crippen molar-refractivity contribution in [1.29, 1.82) is 0 Å². The maximum absolute atomic E-state index is 8.76. The average Bonchev–Trinajstić information content (AvgIpc) is 1.82. The largest absolute Gasteiger partial charge is 0.396 e. The van der Waals surface area contributed by atoms with Crippen LogP contribution in [0.4, 0.5) is 0 Å². The molecule has 0 spiro atoms. The Bertz CT molecular complexity index is 55.6. The van der Waals surface area contributed by atoms with Gasteiger partial charge in [-0.3, -0.25) is 0 Å². The lowest BCUT2D eigenvalue weighted by Gasteiger charge is -2.12. The van der Waals surface area contributed by atoms with Gasteiger partial charge < -0.3 is 5.11 Å². The summed E-state index contributed by atoms with van der Waals surface area (Å²) in [6, 6.07) is 0. The first-order valence-corrected chi connectivity index (χ1v) is 3.60. The quantitative estimate of drug-likeness (QED) is 0.615. The molecule has 0 saturated heterocycles. The molecule has 0 amide bonds. The maximum atomic E-state index is 8.76. The van der Waals surface area contributed by atoms with E-state index in [1.165, 1.54) is 5.92 Å². The van der Waals surface area contributed by atoms with Gasteiger partial charge in [0.05, 0.1) is 0 Å². The van der Waals surface area contributed by atoms with Gasteiger partial charge in [0.2, 0.25) is 0 Å². The van der Waals surface area contributed by atoms with E-state index in [-0.39, 0.29) is 0 Å². The zero-order chi connectivity index (χ0) is 7.28. The first-order chi connectivity index (χ1) is 4.20. The Morgan fingerprint density at radius 3 is 2.11 bits per heavy atom. The molecule has 1 unspecified atom stereocenters. The standard InChI is InChI=1S/C8H17O/c1-4-8(6-9)5-7(2)3/h8-9H,4-6H2,1-3H3. The SMILES string of the molecule is CCC(CO)C[C](C)C. The first kappa shape index (κ1) is 8.96. The highest BCUT2D eigenvalue weighted by atomic mass is 16.3. The van der Waals surface area contributed by atoms with Crippen molar-refractivity contribution in [3.63, 3.8) is 0 Å². The van der Waals surface area contributed by atoms with Gasteiger partial charge in [0.1, 0.15) is 0 Å². The van der Waals surface area contributed by atoms with Crippen LogP contribution in [0.3, 0.4) is 0 Å². The van der Waals surface area contributed by atoms with E-state index in [4.69, 9.17) is 5.11 Å². The Balaban J connectivity index is 3.31. The van der Waals surface area contributed by atoms with Crippen molar-refractivity contribution in [2.75, 3.05) is 6.61 Å². The molecule has 1 radical (unpaired) electrons. The second-order valence-electron chi connectivity index (χ2n) is 2.87. The minimum absolute atomic E-state index is 0.335. The molecule has 9 heavy (non-hydrogen) atoms. The van der Waals surface area contributed by atoms with Crippen LogP contribution in [-0.2, 0) is 0 Å². The summed E-state index contributed by atoms with van der Waals surface area (Å²) in [5.74, 6) is 1.91. The van der Waals surface area contributed by atoms with E-state index in [0.717, 1.165) is 12.8 Å². The molecule has 1 heteroatoms. The topological polar surface area (TPSA) is 20.2 Å². The monoisotopic (exact) mass is 129 g/mol. The fourth-order valence-electron chi connectivity index (χ4n) is 0.915. The molecule has 0 heterocycles. The van der Waals surface area contributed by atoms with Crippen LogP contribution in [0.2, 0.25) is 0 Å². The molecule has 0 rings (SSSR count). The first-order valence-electron chi connectivity index (χ1n) is 3.60. The van der Waals surface area contributed by atoms with Gasteiger partial charge >= 0.3 is 0 Å². The second kappa shape index (κ2) is 4.80. The highest BCUT2D eigenvalue weighted by molar-refractivity contribution is 4.79. The van der Waals surface area contributed by atoms with Crippen molar-refractivity contribution in [1.82, 2.24) is 0 Å². The summed E-state index contributed by atoms with van der Waals surface area (Å²) in [5.41, 5.74) is 0. The molecule has 0 aliphatic rings. The molecule has 0 bridgehead atoms. The van der Waals surface area contributed by atoms with Gasteiger partial charge in [-0.05, 0) is 18.3 Å². The highest BCUT2D eigenvalue weighted by Gasteiger charge is 2.05. The van der Waals surface area contributed by atoms with Crippen LogP contribution in [0, 0.1) is 11.8 Å². The fourth-order valence-corrected chi connectivity index (χ4v) is 0.915. The smallest absolute Gasteiger partial charge is 0.0459 e. The van der Waals surface area contributed by atoms with Crippen LogP contribution in [0.15, 0.2) is 0 Å². The van der Waals surface area contributed by atoms with E-state index in [1.807, 2.05) is 0 Å². The molecule has 1 N–H and O–H groups in total. The molecule has 0 aliphatic heterocycles. The molecular weight excluding hydrogens is 112 g/mol. The molecule has 0 aromatic rings. The van der Waals surface area contributed by atoms with Gasteiger partial charge in [0.25, 0.3) is 0 Å².